The van der Waals surface area contributed by atoms with Crippen LogP contribution in [-0.4, -0.2) is 31.6 Å². The Hall–Kier alpha value is -0.380. The number of nitrogens with one attached hydrogen (secondary N) is 1. The highest BCUT2D eigenvalue weighted by Crippen LogP contribution is 2.35. The number of hydrogen-bond donors (Lipinski definition) is 1. The summed E-state index contributed by atoms with van der Waals surface area (Å²) in [6.45, 7) is 6.16. The van der Waals surface area contributed by atoms with Gasteiger partial charge in [0.15, 0.2) is 0 Å². The van der Waals surface area contributed by atoms with E-state index < -0.39 is 0 Å². The van der Waals surface area contributed by atoms with Crippen molar-refractivity contribution in [3.8, 4) is 0 Å². The molecule has 0 spiro atoms. The Morgan fingerprint density at radius 1 is 1.42 bits per heavy atom. The van der Waals surface area contributed by atoms with E-state index in [2.05, 4.69) is 35.6 Å². The van der Waals surface area contributed by atoms with Gasteiger partial charge in [0.05, 0.1) is 0 Å². The number of piperidine rings is 1. The van der Waals surface area contributed by atoms with E-state index in [1.165, 1.54) is 51.7 Å². The van der Waals surface area contributed by atoms with Crippen molar-refractivity contribution in [1.82, 2.24) is 10.2 Å². The van der Waals surface area contributed by atoms with Crippen molar-refractivity contribution in [2.45, 2.75) is 45.1 Å². The molecule has 1 N–H and O–H groups in total. The second-order valence-electron chi connectivity index (χ2n) is 6.74. The highest BCUT2D eigenvalue weighted by Gasteiger charge is 2.30. The van der Waals surface area contributed by atoms with Gasteiger partial charge in [0.25, 0.3) is 0 Å². The van der Waals surface area contributed by atoms with Gasteiger partial charge >= 0.3 is 0 Å². The Labute approximate surface area is 121 Å². The van der Waals surface area contributed by atoms with Crippen molar-refractivity contribution >= 4 is 11.3 Å². The Bertz CT molecular complexity index is 418. The molecule has 1 atom stereocenters. The second-order valence-corrected chi connectivity index (χ2v) is 7.74. The van der Waals surface area contributed by atoms with Crippen molar-refractivity contribution in [3.05, 3.63) is 21.9 Å². The first kappa shape index (κ1) is 13.6. The van der Waals surface area contributed by atoms with E-state index in [-0.39, 0.29) is 0 Å². The van der Waals surface area contributed by atoms with Gasteiger partial charge in [-0.05, 0) is 74.7 Å². The number of thiophene rings is 1. The molecule has 2 aliphatic rings. The Morgan fingerprint density at radius 2 is 2.21 bits per heavy atom. The summed E-state index contributed by atoms with van der Waals surface area (Å²) in [7, 11) is 2.24. The van der Waals surface area contributed by atoms with Crippen molar-refractivity contribution in [1.29, 1.82) is 0 Å². The average Bonchev–Trinajstić information content (AvgIpc) is 2.89. The standard InChI is InChI=1S/C16H26N2S/c1-16(7-9-18(2)10-8-16)12-17-14-4-3-5-15-13(14)6-11-19-15/h6,11,14,17H,3-5,7-10,12H2,1-2H3. The van der Waals surface area contributed by atoms with Crippen LogP contribution < -0.4 is 5.32 Å². The molecule has 19 heavy (non-hydrogen) atoms. The monoisotopic (exact) mass is 278 g/mol. The van der Waals surface area contributed by atoms with Crippen LogP contribution in [-0.2, 0) is 6.42 Å². The number of aryl methyl sites for hydroxylation is 1. The first-order valence-electron chi connectivity index (χ1n) is 7.64. The lowest BCUT2D eigenvalue weighted by Gasteiger charge is -2.39. The van der Waals surface area contributed by atoms with Gasteiger partial charge in [0.1, 0.15) is 0 Å². The fraction of sp³-hybridized carbons (Fsp3) is 0.750. The van der Waals surface area contributed by atoms with E-state index in [9.17, 15) is 0 Å². The second kappa shape index (κ2) is 5.55. The summed E-state index contributed by atoms with van der Waals surface area (Å²) in [5.41, 5.74) is 2.09. The van der Waals surface area contributed by atoms with E-state index in [0.717, 1.165) is 0 Å². The molecule has 1 aliphatic carbocycles. The molecule has 0 saturated carbocycles. The molecule has 106 valence electrons. The molecule has 1 aliphatic heterocycles. The summed E-state index contributed by atoms with van der Waals surface area (Å²) in [6.07, 6.45) is 6.64. The molecule has 1 unspecified atom stereocenters. The van der Waals surface area contributed by atoms with Gasteiger partial charge in [-0.25, -0.2) is 0 Å². The third kappa shape index (κ3) is 3.04. The number of rotatable bonds is 3. The zero-order chi connectivity index (χ0) is 13.3. The van der Waals surface area contributed by atoms with Gasteiger partial charge in [-0.1, -0.05) is 6.92 Å². The molecular weight excluding hydrogens is 252 g/mol. The van der Waals surface area contributed by atoms with Crippen LogP contribution in [0, 0.1) is 5.41 Å². The van der Waals surface area contributed by atoms with Gasteiger partial charge in [-0.3, -0.25) is 0 Å². The molecule has 1 fully saturated rings. The number of likely N-dealkylation sites (tertiary alicyclic amines) is 1. The Morgan fingerprint density at radius 3 is 3.00 bits per heavy atom. The molecule has 0 radical (unpaired) electrons. The normalized spacial score (nSPS) is 27.2. The number of fused-ring (bicyclic) bond motifs is 1. The van der Waals surface area contributed by atoms with Crippen LogP contribution >= 0.6 is 11.3 Å². The fourth-order valence-corrected chi connectivity index (χ4v) is 4.39. The van der Waals surface area contributed by atoms with Gasteiger partial charge < -0.3 is 10.2 Å². The highest BCUT2D eigenvalue weighted by molar-refractivity contribution is 7.10. The van der Waals surface area contributed by atoms with Crippen LogP contribution in [0.4, 0.5) is 0 Å². The molecule has 1 saturated heterocycles. The maximum Gasteiger partial charge on any atom is 0.0331 e. The summed E-state index contributed by atoms with van der Waals surface area (Å²) in [5.74, 6) is 0. The predicted octanol–water partition coefficient (Wildman–Crippen LogP) is 3.45. The molecule has 2 nitrogen and oxygen atoms in total. The zero-order valence-corrected chi connectivity index (χ0v) is 13.1. The summed E-state index contributed by atoms with van der Waals surface area (Å²) in [4.78, 5) is 4.08. The molecule has 0 bridgehead atoms. The number of nitrogens with zero attached hydrogens (tertiary/aromatic N) is 1. The minimum atomic E-state index is 0.500. The van der Waals surface area contributed by atoms with E-state index in [4.69, 9.17) is 0 Å². The van der Waals surface area contributed by atoms with Gasteiger partial charge in [0.2, 0.25) is 0 Å². The minimum Gasteiger partial charge on any atom is -0.309 e. The van der Waals surface area contributed by atoms with E-state index >= 15 is 0 Å². The van der Waals surface area contributed by atoms with Crippen molar-refractivity contribution in [2.24, 2.45) is 5.41 Å². The summed E-state index contributed by atoms with van der Waals surface area (Å²) in [6, 6.07) is 2.96. The van der Waals surface area contributed by atoms with Crippen LogP contribution in [0.5, 0.6) is 0 Å². The van der Waals surface area contributed by atoms with E-state index in [0.29, 0.717) is 11.5 Å². The maximum absolute atomic E-state index is 3.88. The lowest BCUT2D eigenvalue weighted by atomic mass is 9.80. The summed E-state index contributed by atoms with van der Waals surface area (Å²) >= 11 is 1.94. The highest BCUT2D eigenvalue weighted by atomic mass is 32.1. The molecule has 3 rings (SSSR count). The molecular formula is C16H26N2S. The van der Waals surface area contributed by atoms with Gasteiger partial charge in [0, 0.05) is 17.5 Å². The first-order chi connectivity index (χ1) is 9.16. The van der Waals surface area contributed by atoms with E-state index in [1.54, 1.807) is 10.4 Å². The molecule has 1 aromatic rings. The predicted molar refractivity (Wildman–Crippen MR) is 82.8 cm³/mol. The summed E-state index contributed by atoms with van der Waals surface area (Å²) in [5, 5.41) is 6.14. The van der Waals surface area contributed by atoms with Crippen LogP contribution in [0.3, 0.4) is 0 Å². The molecule has 3 heteroatoms. The zero-order valence-electron chi connectivity index (χ0n) is 12.2. The third-order valence-electron chi connectivity index (χ3n) is 5.02. The lowest BCUT2D eigenvalue weighted by Crippen LogP contribution is -2.43. The van der Waals surface area contributed by atoms with E-state index in [1.807, 2.05) is 11.3 Å². The molecule has 1 aromatic heterocycles. The van der Waals surface area contributed by atoms with Gasteiger partial charge in [-0.2, -0.15) is 0 Å². The van der Waals surface area contributed by atoms with Crippen LogP contribution in [0.2, 0.25) is 0 Å². The maximum atomic E-state index is 3.88. The topological polar surface area (TPSA) is 15.3 Å². The first-order valence-corrected chi connectivity index (χ1v) is 8.52. The average molecular weight is 278 g/mol. The fourth-order valence-electron chi connectivity index (χ4n) is 3.40. The van der Waals surface area contributed by atoms with Crippen molar-refractivity contribution < 1.29 is 0 Å². The Balaban J connectivity index is 1.59. The lowest BCUT2D eigenvalue weighted by molar-refractivity contribution is 0.132. The smallest absolute Gasteiger partial charge is 0.0331 e. The molecule has 0 amide bonds. The van der Waals surface area contributed by atoms with Gasteiger partial charge in [-0.15, -0.1) is 11.3 Å². The van der Waals surface area contributed by atoms with Crippen molar-refractivity contribution in [3.63, 3.8) is 0 Å². The Kier molecular flexibility index (Phi) is 3.97. The number of hydrogen-bond acceptors (Lipinski definition) is 3. The largest absolute Gasteiger partial charge is 0.309 e. The quantitative estimate of drug-likeness (QED) is 0.911. The SMILES string of the molecule is CN1CCC(C)(CNC2CCCc3sccc32)CC1. The summed E-state index contributed by atoms with van der Waals surface area (Å²) < 4.78 is 0. The van der Waals surface area contributed by atoms with Crippen LogP contribution in [0.15, 0.2) is 11.4 Å². The molecule has 0 aromatic carbocycles. The van der Waals surface area contributed by atoms with Crippen LogP contribution in [0.1, 0.15) is 49.1 Å². The van der Waals surface area contributed by atoms with Crippen LogP contribution in [0.25, 0.3) is 0 Å². The molecule has 2 heterocycles. The minimum absolute atomic E-state index is 0.500. The third-order valence-corrected chi connectivity index (χ3v) is 6.02. The van der Waals surface area contributed by atoms with Crippen molar-refractivity contribution in [2.75, 3.05) is 26.7 Å².